The Labute approximate surface area is 162 Å². The molecular formula is C10H21NO13Si4. The minimum Gasteiger partial charge on any atom is -0.507 e. The molecule has 18 heteroatoms. The van der Waals surface area contributed by atoms with Crippen LogP contribution in [0.4, 0.5) is 0 Å². The van der Waals surface area contributed by atoms with E-state index in [1.807, 2.05) is 0 Å². The predicted octanol–water partition coefficient (Wildman–Crippen LogP) is -4.57. The first-order valence-electron chi connectivity index (χ1n) is 7.50. The molecule has 14 nitrogen and oxygen atoms in total. The van der Waals surface area contributed by atoms with Gasteiger partial charge in [-0.25, -0.2) is 0 Å². The number of phenols is 1. The second-order valence-corrected chi connectivity index (χ2v) is 13.2. The van der Waals surface area contributed by atoms with Crippen LogP contribution in [0.1, 0.15) is 12.0 Å². The molecule has 0 amide bonds. The summed E-state index contributed by atoms with van der Waals surface area (Å²) in [6.45, 7) is -0.0797. The van der Waals surface area contributed by atoms with Gasteiger partial charge in [0.05, 0.1) is 0 Å². The number of benzene rings is 1. The van der Waals surface area contributed by atoms with Gasteiger partial charge in [0.25, 0.3) is 0 Å². The highest BCUT2D eigenvalue weighted by atomic mass is 28.5. The first-order valence-corrected chi connectivity index (χ1v) is 14.7. The molecule has 1 rings (SSSR count). The van der Waals surface area contributed by atoms with E-state index in [2.05, 4.69) is 17.3 Å². The van der Waals surface area contributed by atoms with Gasteiger partial charge in [-0.1, -0.05) is 12.1 Å². The van der Waals surface area contributed by atoms with Crippen molar-refractivity contribution in [1.29, 1.82) is 0 Å². The minimum atomic E-state index is -5.50. The summed E-state index contributed by atoms with van der Waals surface area (Å²) >= 11 is 0. The lowest BCUT2D eigenvalue weighted by atomic mass is 10.2. The summed E-state index contributed by atoms with van der Waals surface area (Å²) in [4.78, 5) is 86.0. The third kappa shape index (κ3) is 10.6. The van der Waals surface area contributed by atoms with Gasteiger partial charge in [-0.05, 0) is 18.6 Å². The van der Waals surface area contributed by atoms with Crippen LogP contribution in [0.15, 0.2) is 29.3 Å². The molecule has 0 aliphatic carbocycles. The molecule has 0 aliphatic heterocycles. The van der Waals surface area contributed by atoms with Crippen molar-refractivity contribution in [3.05, 3.63) is 29.8 Å². The number of hydrogen-bond acceptors (Lipinski definition) is 14. The van der Waals surface area contributed by atoms with Gasteiger partial charge < -0.3 is 60.6 Å². The highest BCUT2D eigenvalue weighted by Crippen LogP contribution is 2.24. The van der Waals surface area contributed by atoms with E-state index in [9.17, 15) is 5.11 Å². The molecule has 160 valence electrons. The summed E-state index contributed by atoms with van der Waals surface area (Å²) < 4.78 is 13.1. The summed E-state index contributed by atoms with van der Waals surface area (Å²) in [6.07, 6.45) is 1.13. The largest absolute Gasteiger partial charge is 0.663 e. The molecular weight excluding hydrogens is 454 g/mol. The zero-order valence-corrected chi connectivity index (χ0v) is 18.2. The topological polar surface area (TPSA) is 242 Å². The van der Waals surface area contributed by atoms with Gasteiger partial charge in [-0.3, -0.25) is 4.99 Å². The Bertz CT molecular complexity index is 615. The van der Waals surface area contributed by atoms with Gasteiger partial charge in [-0.2, -0.15) is 0 Å². The van der Waals surface area contributed by atoms with E-state index in [0.29, 0.717) is 5.56 Å². The van der Waals surface area contributed by atoms with Crippen LogP contribution in [0.3, 0.4) is 0 Å². The van der Waals surface area contributed by atoms with Crippen molar-refractivity contribution < 1.29 is 60.6 Å². The fourth-order valence-electron chi connectivity index (χ4n) is 1.99. The standard InChI is InChI=1S/C10H21NO13Si4/c12-10-5-2-1-4-9(10)8-11-6-3-7-25(22-26(13,14)15,23-27(16,17)18)24-28(19,20)21/h1-2,4-5,8,12-21H,3,6-7H2. The van der Waals surface area contributed by atoms with Crippen LogP contribution in [0.5, 0.6) is 5.75 Å². The van der Waals surface area contributed by atoms with Gasteiger partial charge in [0.1, 0.15) is 5.75 Å². The summed E-state index contributed by atoms with van der Waals surface area (Å²) in [7, 11) is -21.5. The SMILES string of the molecule is Oc1ccccc1C=NCCC[Si](O[Si](O)(O)O)(O[Si](O)(O)O)O[Si](O)(O)O. The maximum atomic E-state index is 9.60. The van der Waals surface area contributed by atoms with Crippen molar-refractivity contribution in [2.45, 2.75) is 12.5 Å². The van der Waals surface area contributed by atoms with Crippen molar-refractivity contribution in [2.24, 2.45) is 4.99 Å². The highest BCUT2D eigenvalue weighted by Gasteiger charge is 2.60. The van der Waals surface area contributed by atoms with Crippen molar-refractivity contribution in [2.75, 3.05) is 6.54 Å². The maximum absolute atomic E-state index is 9.60. The number of rotatable bonds is 11. The molecule has 0 atom stereocenters. The summed E-state index contributed by atoms with van der Waals surface area (Å²) in [6, 6.07) is 5.56. The Morgan fingerprint density at radius 3 is 1.68 bits per heavy atom. The molecule has 0 saturated carbocycles. The van der Waals surface area contributed by atoms with E-state index < -0.39 is 42.0 Å². The first kappa shape index (κ1) is 25.1. The third-order valence-electron chi connectivity index (χ3n) is 2.81. The molecule has 28 heavy (non-hydrogen) atoms. The van der Waals surface area contributed by atoms with Crippen LogP contribution in [0, 0.1) is 0 Å². The quantitative estimate of drug-likeness (QED) is 0.0824. The van der Waals surface area contributed by atoms with Crippen LogP contribution in [0.2, 0.25) is 6.04 Å². The van der Waals surface area contributed by atoms with E-state index in [-0.39, 0.29) is 18.7 Å². The van der Waals surface area contributed by atoms with Crippen molar-refractivity contribution in [3.8, 4) is 5.75 Å². The Morgan fingerprint density at radius 2 is 1.25 bits per heavy atom. The summed E-state index contributed by atoms with van der Waals surface area (Å²) in [5.41, 5.74) is 0.377. The van der Waals surface area contributed by atoms with Gasteiger partial charge in [-0.15, -0.1) is 0 Å². The molecule has 10 N–H and O–H groups in total. The number of aliphatic imine (C=N–C) groups is 1. The van der Waals surface area contributed by atoms with Crippen LogP contribution >= 0.6 is 0 Å². The smallest absolute Gasteiger partial charge is 0.507 e. The molecule has 0 saturated heterocycles. The number of hydrogen-bond donors (Lipinski definition) is 10. The van der Waals surface area contributed by atoms with Crippen LogP contribution in [-0.4, -0.2) is 97.0 Å². The van der Waals surface area contributed by atoms with E-state index in [1.54, 1.807) is 18.2 Å². The van der Waals surface area contributed by atoms with Crippen molar-refractivity contribution >= 4 is 42.2 Å². The minimum absolute atomic E-state index is 0.0464. The third-order valence-corrected chi connectivity index (χ3v) is 10.8. The molecule has 0 fully saturated rings. The van der Waals surface area contributed by atoms with Gasteiger partial charge in [0, 0.05) is 24.4 Å². The number of para-hydroxylation sites is 1. The molecule has 0 heterocycles. The second-order valence-electron chi connectivity index (χ2n) is 5.41. The fourth-order valence-corrected chi connectivity index (χ4v) is 10.4. The van der Waals surface area contributed by atoms with E-state index in [4.69, 9.17) is 43.2 Å². The van der Waals surface area contributed by atoms with Crippen LogP contribution < -0.4 is 0 Å². The molecule has 0 aliphatic rings. The van der Waals surface area contributed by atoms with Gasteiger partial charge in [0.2, 0.25) is 0 Å². The maximum Gasteiger partial charge on any atom is 0.663 e. The Kier molecular flexibility index (Phi) is 8.72. The normalized spacial score (nSPS) is 14.0. The molecule has 0 bridgehead atoms. The first-order chi connectivity index (χ1) is 12.6. The van der Waals surface area contributed by atoms with Crippen molar-refractivity contribution in [3.63, 3.8) is 0 Å². The fraction of sp³-hybridized carbons (Fsp3) is 0.300. The van der Waals surface area contributed by atoms with E-state index >= 15 is 0 Å². The predicted molar refractivity (Wildman–Crippen MR) is 96.2 cm³/mol. The second kappa shape index (κ2) is 9.72. The van der Waals surface area contributed by atoms with Crippen LogP contribution in [-0.2, 0) is 12.3 Å². The molecule has 0 radical (unpaired) electrons. The van der Waals surface area contributed by atoms with Gasteiger partial charge >= 0.3 is 35.9 Å². The molecule has 1 aromatic rings. The monoisotopic (exact) mass is 475 g/mol. The lowest BCUT2D eigenvalue weighted by Crippen LogP contribution is -2.66. The Balaban J connectivity index is 2.92. The lowest BCUT2D eigenvalue weighted by Gasteiger charge is -2.34. The molecule has 1 aromatic carbocycles. The molecule has 0 spiro atoms. The highest BCUT2D eigenvalue weighted by molar-refractivity contribution is 6.80. The number of phenolic OH excluding ortho intramolecular Hbond substituents is 1. The zero-order valence-electron chi connectivity index (χ0n) is 14.2. The Hall–Kier alpha value is -0.922. The van der Waals surface area contributed by atoms with E-state index in [1.165, 1.54) is 12.3 Å². The molecule has 0 unspecified atom stereocenters. The van der Waals surface area contributed by atoms with Crippen LogP contribution in [0.25, 0.3) is 0 Å². The van der Waals surface area contributed by atoms with Crippen molar-refractivity contribution in [1.82, 2.24) is 0 Å². The summed E-state index contributed by atoms with van der Waals surface area (Å²) in [5, 5.41) is 9.60. The average Bonchev–Trinajstić information content (AvgIpc) is 2.43. The average molecular weight is 476 g/mol. The number of aromatic hydroxyl groups is 1. The van der Waals surface area contributed by atoms with Gasteiger partial charge in [0.15, 0.2) is 0 Å². The Morgan fingerprint density at radius 1 is 0.786 bits per heavy atom. The lowest BCUT2D eigenvalue weighted by molar-refractivity contribution is 0.0252. The number of nitrogens with zero attached hydrogens (tertiary/aromatic N) is 1. The summed E-state index contributed by atoms with van der Waals surface area (Å²) in [5.74, 6) is -0.0464. The molecule has 0 aromatic heterocycles. The van der Waals surface area contributed by atoms with E-state index in [0.717, 1.165) is 0 Å². The zero-order chi connectivity index (χ0) is 21.6.